The molecule has 1 spiro atoms. The molecule has 37 heavy (non-hydrogen) atoms. The van der Waals surface area contributed by atoms with E-state index in [2.05, 4.69) is 40.4 Å². The maximum absolute atomic E-state index is 13.3. The van der Waals surface area contributed by atoms with Crippen LogP contribution in [0.5, 0.6) is 0 Å². The first-order valence-corrected chi connectivity index (χ1v) is 12.8. The van der Waals surface area contributed by atoms with Gasteiger partial charge in [-0.2, -0.15) is 4.98 Å². The molecular formula is C28H29N7O2. The molecule has 7 rings (SSSR count). The maximum atomic E-state index is 13.3. The van der Waals surface area contributed by atoms with Gasteiger partial charge in [0, 0.05) is 30.4 Å². The second kappa shape index (κ2) is 7.84. The van der Waals surface area contributed by atoms with Gasteiger partial charge in [-0.05, 0) is 67.5 Å². The predicted octanol–water partition coefficient (Wildman–Crippen LogP) is 3.20. The second-order valence-corrected chi connectivity index (χ2v) is 10.8. The van der Waals surface area contributed by atoms with Gasteiger partial charge in [-0.25, -0.2) is 19.3 Å². The van der Waals surface area contributed by atoms with Crippen molar-refractivity contribution in [1.29, 1.82) is 0 Å². The molecule has 4 heterocycles. The lowest BCUT2D eigenvalue weighted by atomic mass is 9.88. The summed E-state index contributed by atoms with van der Waals surface area (Å²) in [5.41, 5.74) is 4.88. The molecule has 9 nitrogen and oxygen atoms in total. The van der Waals surface area contributed by atoms with Gasteiger partial charge in [0.1, 0.15) is 11.0 Å². The topological polar surface area (TPSA) is 110 Å². The second-order valence-electron chi connectivity index (χ2n) is 10.8. The summed E-state index contributed by atoms with van der Waals surface area (Å²) in [7, 11) is 0. The van der Waals surface area contributed by atoms with Crippen LogP contribution in [0.3, 0.4) is 0 Å². The van der Waals surface area contributed by atoms with Gasteiger partial charge in [0.2, 0.25) is 5.95 Å². The number of aliphatic hydroxyl groups is 1. The van der Waals surface area contributed by atoms with Crippen LogP contribution in [0.15, 0.2) is 54.0 Å². The van der Waals surface area contributed by atoms with Crippen LogP contribution in [0, 0.1) is 0 Å². The van der Waals surface area contributed by atoms with Crippen molar-refractivity contribution in [2.24, 2.45) is 0 Å². The lowest BCUT2D eigenvalue weighted by molar-refractivity contribution is 0.0553. The fraction of sp³-hybridized carbons (Fsp3) is 0.357. The molecule has 0 saturated heterocycles. The minimum Gasteiger partial charge on any atom is -0.384 e. The zero-order valence-corrected chi connectivity index (χ0v) is 20.8. The number of hydrogen-bond donors (Lipinski definition) is 3. The average Bonchev–Trinajstić information content (AvgIpc) is 3.52. The predicted molar refractivity (Wildman–Crippen MR) is 141 cm³/mol. The summed E-state index contributed by atoms with van der Waals surface area (Å²) in [6.07, 6.45) is 7.11. The third-order valence-corrected chi connectivity index (χ3v) is 8.12. The van der Waals surface area contributed by atoms with E-state index >= 15 is 0 Å². The minimum absolute atomic E-state index is 0.218. The highest BCUT2D eigenvalue weighted by molar-refractivity contribution is 5.77. The van der Waals surface area contributed by atoms with Crippen molar-refractivity contribution in [2.75, 3.05) is 11.9 Å². The Morgan fingerprint density at radius 1 is 1.19 bits per heavy atom. The zero-order valence-electron chi connectivity index (χ0n) is 20.8. The van der Waals surface area contributed by atoms with Crippen molar-refractivity contribution in [3.63, 3.8) is 0 Å². The largest absolute Gasteiger partial charge is 0.384 e. The van der Waals surface area contributed by atoms with Gasteiger partial charge in [0.05, 0.1) is 12.2 Å². The number of allylic oxidation sites excluding steroid dienone is 1. The van der Waals surface area contributed by atoms with E-state index in [0.29, 0.717) is 40.3 Å². The van der Waals surface area contributed by atoms with E-state index in [1.165, 1.54) is 24.0 Å². The summed E-state index contributed by atoms with van der Waals surface area (Å²) in [5.74, 6) is 0.920. The fourth-order valence-electron chi connectivity index (χ4n) is 5.96. The first kappa shape index (κ1) is 22.4. The molecular weight excluding hydrogens is 466 g/mol. The zero-order chi connectivity index (χ0) is 25.4. The molecule has 3 aliphatic rings. The molecule has 1 aromatic carbocycles. The van der Waals surface area contributed by atoms with Crippen LogP contribution < -0.4 is 16.2 Å². The number of anilines is 2. The molecule has 0 radical (unpaired) electrons. The lowest BCUT2D eigenvalue weighted by Crippen LogP contribution is -2.33. The Kier molecular flexibility index (Phi) is 4.74. The first-order chi connectivity index (χ1) is 17.9. The molecule has 0 amide bonds. The van der Waals surface area contributed by atoms with Gasteiger partial charge < -0.3 is 15.7 Å². The molecule has 0 bridgehead atoms. The SMILES string of the molecule is C=CCn1c(=O)c2cnc(Nc3ccc4c(c3)CNCC43CC3)nc2n1-c1ccc2c(n1)C(C)(O)CC2. The minimum atomic E-state index is -1.00. The first-order valence-electron chi connectivity index (χ1n) is 12.8. The molecule has 1 saturated carbocycles. The number of aryl methyl sites for hydroxylation is 1. The number of pyridine rings is 1. The lowest BCUT2D eigenvalue weighted by Gasteiger charge is -2.26. The van der Waals surface area contributed by atoms with E-state index in [-0.39, 0.29) is 12.1 Å². The highest BCUT2D eigenvalue weighted by Gasteiger charge is 2.46. The van der Waals surface area contributed by atoms with E-state index in [1.807, 2.05) is 12.1 Å². The van der Waals surface area contributed by atoms with E-state index in [4.69, 9.17) is 9.97 Å². The van der Waals surface area contributed by atoms with Crippen molar-refractivity contribution in [3.8, 4) is 5.82 Å². The monoisotopic (exact) mass is 495 g/mol. The average molecular weight is 496 g/mol. The fourth-order valence-corrected chi connectivity index (χ4v) is 5.96. The van der Waals surface area contributed by atoms with Crippen LogP contribution in [0.1, 0.15) is 48.6 Å². The van der Waals surface area contributed by atoms with Crippen LogP contribution in [-0.4, -0.2) is 36.0 Å². The van der Waals surface area contributed by atoms with E-state index < -0.39 is 5.60 Å². The Hall–Kier alpha value is -3.82. The summed E-state index contributed by atoms with van der Waals surface area (Å²) in [6, 6.07) is 10.3. The summed E-state index contributed by atoms with van der Waals surface area (Å²) in [5, 5.41) is 18.1. The molecule has 1 unspecified atom stereocenters. The number of hydrogen-bond acceptors (Lipinski definition) is 7. The molecule has 188 valence electrons. The van der Waals surface area contributed by atoms with E-state index in [0.717, 1.165) is 30.8 Å². The highest BCUT2D eigenvalue weighted by Crippen LogP contribution is 2.50. The van der Waals surface area contributed by atoms with Crippen LogP contribution in [0.25, 0.3) is 16.9 Å². The standard InChI is InChI=1S/C28H29N7O2/c1-3-12-34-25(36)20-15-30-26(31-19-5-6-21-18(13-19)14-29-16-28(21)10-11-28)33-24(20)35(34)22-7-4-17-8-9-27(2,37)23(17)32-22/h3-7,13,15,29,37H,1,8-12,14,16H2,2H3,(H,30,31,33). The highest BCUT2D eigenvalue weighted by atomic mass is 16.3. The summed E-state index contributed by atoms with van der Waals surface area (Å²) in [4.78, 5) is 27.3. The van der Waals surface area contributed by atoms with E-state index in [1.54, 1.807) is 28.6 Å². The third-order valence-electron chi connectivity index (χ3n) is 8.12. The van der Waals surface area contributed by atoms with Gasteiger partial charge in [-0.15, -0.1) is 6.58 Å². The Morgan fingerprint density at radius 3 is 2.86 bits per heavy atom. The Bertz CT molecular complexity index is 1640. The van der Waals surface area contributed by atoms with Gasteiger partial charge in [-0.1, -0.05) is 18.2 Å². The quantitative estimate of drug-likeness (QED) is 0.365. The Labute approximate surface area is 213 Å². The number of aromatic nitrogens is 5. The van der Waals surface area contributed by atoms with Crippen LogP contribution in [0.4, 0.5) is 11.6 Å². The number of benzene rings is 1. The molecule has 3 N–H and O–H groups in total. The molecule has 9 heteroatoms. The Morgan fingerprint density at radius 2 is 2.05 bits per heavy atom. The van der Waals surface area contributed by atoms with Gasteiger partial charge in [0.15, 0.2) is 11.5 Å². The molecule has 1 fully saturated rings. The molecule has 3 aromatic heterocycles. The van der Waals surface area contributed by atoms with Gasteiger partial charge >= 0.3 is 0 Å². The van der Waals surface area contributed by atoms with Crippen molar-refractivity contribution >= 4 is 22.7 Å². The maximum Gasteiger partial charge on any atom is 0.278 e. The number of nitrogens with one attached hydrogen (secondary N) is 2. The molecule has 1 aliphatic heterocycles. The summed E-state index contributed by atoms with van der Waals surface area (Å²) < 4.78 is 3.25. The number of nitrogens with zero attached hydrogens (tertiary/aromatic N) is 5. The smallest absolute Gasteiger partial charge is 0.278 e. The molecule has 4 aromatic rings. The van der Waals surface area contributed by atoms with Crippen molar-refractivity contribution in [2.45, 2.75) is 56.7 Å². The number of fused-ring (bicyclic) bond motifs is 4. The normalized spacial score (nSPS) is 21.1. The van der Waals surface area contributed by atoms with Crippen molar-refractivity contribution in [3.05, 3.63) is 81.9 Å². The molecule has 1 atom stereocenters. The van der Waals surface area contributed by atoms with Gasteiger partial charge in [-0.3, -0.25) is 4.79 Å². The number of rotatable bonds is 5. The third kappa shape index (κ3) is 3.45. The van der Waals surface area contributed by atoms with Crippen LogP contribution >= 0.6 is 0 Å². The molecule has 2 aliphatic carbocycles. The summed E-state index contributed by atoms with van der Waals surface area (Å²) in [6.45, 7) is 7.79. The van der Waals surface area contributed by atoms with E-state index in [9.17, 15) is 9.90 Å². The van der Waals surface area contributed by atoms with Crippen molar-refractivity contribution in [1.82, 2.24) is 29.6 Å². The van der Waals surface area contributed by atoms with Crippen molar-refractivity contribution < 1.29 is 5.11 Å². The van der Waals surface area contributed by atoms with Crippen LogP contribution in [-0.2, 0) is 30.5 Å². The van der Waals surface area contributed by atoms with Gasteiger partial charge in [0.25, 0.3) is 5.56 Å². The summed E-state index contributed by atoms with van der Waals surface area (Å²) >= 11 is 0. The van der Waals surface area contributed by atoms with Crippen LogP contribution in [0.2, 0.25) is 0 Å². The Balaban J connectivity index is 1.32.